The van der Waals surface area contributed by atoms with Crippen LogP contribution in [0.25, 0.3) is 0 Å². The van der Waals surface area contributed by atoms with Gasteiger partial charge < -0.3 is 4.74 Å². The molecule has 0 aromatic heterocycles. The van der Waals surface area contributed by atoms with Crippen LogP contribution in [0.15, 0.2) is 42.1 Å². The van der Waals surface area contributed by atoms with Crippen molar-refractivity contribution >= 4 is 5.91 Å². The van der Waals surface area contributed by atoms with Crippen LogP contribution in [-0.4, -0.2) is 22.6 Å². The third-order valence-corrected chi connectivity index (χ3v) is 3.59. The summed E-state index contributed by atoms with van der Waals surface area (Å²) in [4.78, 5) is 13.4. The Kier molecular flexibility index (Phi) is 4.68. The van der Waals surface area contributed by atoms with Crippen LogP contribution >= 0.6 is 0 Å². The van der Waals surface area contributed by atoms with Crippen LogP contribution in [-0.2, 0) is 9.53 Å². The van der Waals surface area contributed by atoms with Crippen molar-refractivity contribution in [3.8, 4) is 6.07 Å². The highest BCUT2D eigenvalue weighted by molar-refractivity contribution is 5.75. The second-order valence-corrected chi connectivity index (χ2v) is 6.51. The third kappa shape index (κ3) is 3.75. The summed E-state index contributed by atoms with van der Waals surface area (Å²) < 4.78 is 6.05. The van der Waals surface area contributed by atoms with Gasteiger partial charge in [-0.3, -0.25) is 9.69 Å². The van der Waals surface area contributed by atoms with E-state index in [-0.39, 0.29) is 23.7 Å². The van der Waals surface area contributed by atoms with Crippen molar-refractivity contribution in [1.82, 2.24) is 4.90 Å². The maximum atomic E-state index is 11.9. The van der Waals surface area contributed by atoms with E-state index in [9.17, 15) is 10.1 Å². The van der Waals surface area contributed by atoms with Gasteiger partial charge in [-0.15, -0.1) is 0 Å². The Hall–Kier alpha value is -2.12. The molecule has 1 heterocycles. The molecular formula is C18H22N2O2. The summed E-state index contributed by atoms with van der Waals surface area (Å²) in [7, 11) is 0. The highest BCUT2D eigenvalue weighted by Gasteiger charge is 2.35. The molecule has 0 spiro atoms. The molecule has 1 aliphatic heterocycles. The largest absolute Gasteiger partial charge is 0.352 e. The fraction of sp³-hybridized carbons (Fsp3) is 0.444. The molecule has 0 fully saturated rings. The number of nitriles is 1. The Morgan fingerprint density at radius 1 is 1.32 bits per heavy atom. The molecule has 4 nitrogen and oxygen atoms in total. The van der Waals surface area contributed by atoms with E-state index in [4.69, 9.17) is 4.74 Å². The maximum absolute atomic E-state index is 11.9. The summed E-state index contributed by atoms with van der Waals surface area (Å²) in [5, 5.41) is 9.44. The monoisotopic (exact) mass is 298 g/mol. The van der Waals surface area contributed by atoms with Gasteiger partial charge in [0.2, 0.25) is 5.91 Å². The molecule has 1 aromatic carbocycles. The van der Waals surface area contributed by atoms with Crippen LogP contribution < -0.4 is 0 Å². The maximum Gasteiger partial charge on any atom is 0.225 e. The number of hydrogen-bond donors (Lipinski definition) is 0. The van der Waals surface area contributed by atoms with Crippen molar-refractivity contribution in [3.63, 3.8) is 0 Å². The lowest BCUT2D eigenvalue weighted by Gasteiger charge is -2.39. The summed E-state index contributed by atoms with van der Waals surface area (Å²) in [6, 6.07) is 12.1. The van der Waals surface area contributed by atoms with Crippen molar-refractivity contribution in [2.75, 3.05) is 0 Å². The van der Waals surface area contributed by atoms with Crippen LogP contribution in [0.5, 0.6) is 0 Å². The zero-order valence-electron chi connectivity index (χ0n) is 13.5. The Labute approximate surface area is 132 Å². The van der Waals surface area contributed by atoms with Gasteiger partial charge in [-0.25, -0.2) is 0 Å². The van der Waals surface area contributed by atoms with Gasteiger partial charge in [-0.2, -0.15) is 5.26 Å². The minimum Gasteiger partial charge on any atom is -0.352 e. The predicted molar refractivity (Wildman–Crippen MR) is 84.6 cm³/mol. The normalized spacial score (nSPS) is 22.0. The molecule has 116 valence electrons. The summed E-state index contributed by atoms with van der Waals surface area (Å²) in [6.07, 6.45) is 1.86. The zero-order chi connectivity index (χ0) is 16.3. The summed E-state index contributed by atoms with van der Waals surface area (Å²) >= 11 is 0. The Morgan fingerprint density at radius 3 is 2.45 bits per heavy atom. The van der Waals surface area contributed by atoms with E-state index in [1.54, 1.807) is 6.20 Å². The minimum atomic E-state index is -0.364. The van der Waals surface area contributed by atoms with Crippen LogP contribution in [0.3, 0.4) is 0 Å². The lowest BCUT2D eigenvalue weighted by Crippen LogP contribution is -2.44. The zero-order valence-corrected chi connectivity index (χ0v) is 13.5. The Morgan fingerprint density at radius 2 is 1.95 bits per heavy atom. The van der Waals surface area contributed by atoms with Gasteiger partial charge in [-0.1, -0.05) is 30.3 Å². The molecule has 0 aliphatic carbocycles. The number of carbonyl (C=O) groups is 1. The minimum absolute atomic E-state index is 0.0471. The molecule has 4 heteroatoms. The summed E-state index contributed by atoms with van der Waals surface area (Å²) in [5.41, 5.74) is 1.30. The van der Waals surface area contributed by atoms with E-state index in [1.165, 1.54) is 11.8 Å². The predicted octanol–water partition coefficient (Wildman–Crippen LogP) is 3.57. The van der Waals surface area contributed by atoms with E-state index in [0.29, 0.717) is 12.0 Å². The quantitative estimate of drug-likeness (QED) is 0.838. The number of nitrogens with zero attached hydrogens (tertiary/aromatic N) is 2. The second kappa shape index (κ2) is 6.33. The first-order chi connectivity index (χ1) is 10.3. The standard InChI is InChI=1S/C18H22N2O2/c1-13(21)20-12-15(11-19)16(14-8-6-5-7-9-14)10-17(20)22-18(2,3)4/h5-9,12,16-17H,10H2,1-4H3/t16-,17-/m0/s1. The first-order valence-electron chi connectivity index (χ1n) is 7.45. The van der Waals surface area contributed by atoms with Crippen LogP contribution in [0, 0.1) is 11.3 Å². The summed E-state index contributed by atoms with van der Waals surface area (Å²) in [6.45, 7) is 7.39. The van der Waals surface area contributed by atoms with Gasteiger partial charge in [0.15, 0.2) is 0 Å². The highest BCUT2D eigenvalue weighted by atomic mass is 16.5. The molecule has 1 aliphatic rings. The molecule has 0 saturated carbocycles. The van der Waals surface area contributed by atoms with Crippen molar-refractivity contribution in [2.24, 2.45) is 0 Å². The smallest absolute Gasteiger partial charge is 0.225 e. The van der Waals surface area contributed by atoms with E-state index < -0.39 is 0 Å². The molecular weight excluding hydrogens is 276 g/mol. The van der Waals surface area contributed by atoms with Gasteiger partial charge in [0, 0.05) is 25.5 Å². The SMILES string of the molecule is CC(=O)N1C=C(C#N)[C@H](c2ccccc2)C[C@@H]1OC(C)(C)C. The van der Waals surface area contributed by atoms with E-state index in [2.05, 4.69) is 6.07 Å². The van der Waals surface area contributed by atoms with Gasteiger partial charge in [0.25, 0.3) is 0 Å². The fourth-order valence-electron chi connectivity index (χ4n) is 2.68. The molecule has 0 bridgehead atoms. The first kappa shape index (κ1) is 16.3. The lowest BCUT2D eigenvalue weighted by molar-refractivity contribution is -0.155. The number of allylic oxidation sites excluding steroid dienone is 1. The van der Waals surface area contributed by atoms with Gasteiger partial charge in [-0.05, 0) is 26.3 Å². The average Bonchev–Trinajstić information content (AvgIpc) is 2.46. The molecule has 0 saturated heterocycles. The van der Waals surface area contributed by atoms with Crippen molar-refractivity contribution in [1.29, 1.82) is 5.26 Å². The molecule has 2 atom stereocenters. The van der Waals surface area contributed by atoms with Crippen molar-refractivity contribution in [3.05, 3.63) is 47.7 Å². The topological polar surface area (TPSA) is 53.3 Å². The number of benzene rings is 1. The molecule has 0 radical (unpaired) electrons. The molecule has 2 rings (SSSR count). The van der Waals surface area contributed by atoms with Crippen molar-refractivity contribution in [2.45, 2.75) is 51.9 Å². The highest BCUT2D eigenvalue weighted by Crippen LogP contribution is 2.36. The first-order valence-corrected chi connectivity index (χ1v) is 7.45. The van der Waals surface area contributed by atoms with Gasteiger partial charge in [0.05, 0.1) is 17.2 Å². The van der Waals surface area contributed by atoms with Crippen LogP contribution in [0.2, 0.25) is 0 Å². The van der Waals surface area contributed by atoms with Gasteiger partial charge >= 0.3 is 0 Å². The molecule has 1 amide bonds. The number of hydrogen-bond acceptors (Lipinski definition) is 3. The molecule has 0 unspecified atom stereocenters. The molecule has 0 N–H and O–H groups in total. The molecule has 22 heavy (non-hydrogen) atoms. The van der Waals surface area contributed by atoms with E-state index >= 15 is 0 Å². The molecule has 1 aromatic rings. The average molecular weight is 298 g/mol. The van der Waals surface area contributed by atoms with Crippen LogP contribution in [0.4, 0.5) is 0 Å². The van der Waals surface area contributed by atoms with E-state index in [0.717, 1.165) is 5.56 Å². The number of ether oxygens (including phenoxy) is 1. The second-order valence-electron chi connectivity index (χ2n) is 6.51. The Bertz CT molecular complexity index is 608. The summed E-state index contributed by atoms with van der Waals surface area (Å²) in [5.74, 6) is -0.164. The number of rotatable bonds is 2. The Balaban J connectivity index is 2.39. The van der Waals surface area contributed by atoms with Crippen LogP contribution in [0.1, 0.15) is 45.6 Å². The van der Waals surface area contributed by atoms with Gasteiger partial charge in [0.1, 0.15) is 6.23 Å². The number of carbonyl (C=O) groups excluding carboxylic acids is 1. The lowest BCUT2D eigenvalue weighted by atomic mass is 9.86. The number of amides is 1. The van der Waals surface area contributed by atoms with E-state index in [1.807, 2.05) is 51.1 Å². The fourth-order valence-corrected chi connectivity index (χ4v) is 2.68. The van der Waals surface area contributed by atoms with Crippen molar-refractivity contribution < 1.29 is 9.53 Å². The third-order valence-electron chi connectivity index (χ3n) is 3.59.